The summed E-state index contributed by atoms with van der Waals surface area (Å²) in [5.41, 5.74) is 0. The smallest absolute Gasteiger partial charge is 0.317 e. The van der Waals surface area contributed by atoms with Crippen LogP contribution in [0.4, 0.5) is 4.79 Å². The Kier molecular flexibility index (Phi) is 5.21. The van der Waals surface area contributed by atoms with Gasteiger partial charge in [0.2, 0.25) is 0 Å². The van der Waals surface area contributed by atoms with Gasteiger partial charge in [-0.15, -0.1) is 0 Å². The van der Waals surface area contributed by atoms with Crippen LogP contribution in [0.25, 0.3) is 0 Å². The van der Waals surface area contributed by atoms with Crippen LogP contribution in [-0.4, -0.2) is 91.3 Å². The van der Waals surface area contributed by atoms with Crippen LogP contribution in [0.2, 0.25) is 0 Å². The van der Waals surface area contributed by atoms with Crippen molar-refractivity contribution in [3.63, 3.8) is 0 Å². The molecule has 3 aliphatic rings. The van der Waals surface area contributed by atoms with E-state index in [-0.39, 0.29) is 12.1 Å². The first kappa shape index (κ1) is 16.0. The van der Waals surface area contributed by atoms with Crippen LogP contribution in [0.3, 0.4) is 0 Å². The number of carbonyl (C=O) groups excluding carboxylic acids is 1. The molecule has 0 saturated carbocycles. The highest BCUT2D eigenvalue weighted by molar-refractivity contribution is 5.75. The van der Waals surface area contributed by atoms with E-state index >= 15 is 0 Å². The van der Waals surface area contributed by atoms with Crippen molar-refractivity contribution < 1.29 is 9.53 Å². The third-order valence-corrected chi connectivity index (χ3v) is 5.25. The van der Waals surface area contributed by atoms with E-state index in [1.165, 1.54) is 0 Å². The second-order valence-corrected chi connectivity index (χ2v) is 7.05. The van der Waals surface area contributed by atoms with Crippen LogP contribution in [0.15, 0.2) is 0 Å². The molecule has 3 fully saturated rings. The van der Waals surface area contributed by atoms with Gasteiger partial charge in [0.25, 0.3) is 0 Å². The topological polar surface area (TPSA) is 48.0 Å². The van der Waals surface area contributed by atoms with Gasteiger partial charge in [-0.25, -0.2) is 4.79 Å². The molecule has 6 heteroatoms. The predicted molar refractivity (Wildman–Crippen MR) is 86.0 cm³/mol. The first-order chi connectivity index (χ1) is 10.6. The van der Waals surface area contributed by atoms with E-state index in [2.05, 4.69) is 29.0 Å². The third-order valence-electron chi connectivity index (χ3n) is 5.25. The zero-order valence-corrected chi connectivity index (χ0v) is 14.0. The lowest BCUT2D eigenvalue weighted by molar-refractivity contribution is 0.0153. The molecule has 6 nitrogen and oxygen atoms in total. The summed E-state index contributed by atoms with van der Waals surface area (Å²) in [7, 11) is 0. The second-order valence-electron chi connectivity index (χ2n) is 7.05. The van der Waals surface area contributed by atoms with Crippen molar-refractivity contribution in [3.05, 3.63) is 0 Å². The van der Waals surface area contributed by atoms with Crippen molar-refractivity contribution >= 4 is 6.03 Å². The lowest BCUT2D eigenvalue weighted by Crippen LogP contribution is -2.66. The lowest BCUT2D eigenvalue weighted by atomic mass is 10.1. The molecule has 3 saturated heterocycles. The molecule has 0 aromatic carbocycles. The van der Waals surface area contributed by atoms with Crippen LogP contribution in [0, 0.1) is 0 Å². The standard InChI is InChI=1S/C16H30N4O2/c1-13(2)18-5-7-19(8-6-18)14-11-20(12-14)16(21)17-10-15-4-3-9-22-15/h13-15H,3-12H2,1-2H3,(H,17,21). The van der Waals surface area contributed by atoms with Gasteiger partial charge in [-0.1, -0.05) is 0 Å². The third kappa shape index (κ3) is 3.73. The number of ether oxygens (including phenoxy) is 1. The molecule has 22 heavy (non-hydrogen) atoms. The maximum absolute atomic E-state index is 12.1. The number of amides is 2. The number of hydrogen-bond donors (Lipinski definition) is 1. The first-order valence-corrected chi connectivity index (χ1v) is 8.76. The molecule has 0 aromatic heterocycles. The van der Waals surface area contributed by atoms with Crippen molar-refractivity contribution in [2.24, 2.45) is 0 Å². The van der Waals surface area contributed by atoms with Crippen molar-refractivity contribution in [2.75, 3.05) is 52.4 Å². The second kappa shape index (κ2) is 7.15. The monoisotopic (exact) mass is 310 g/mol. The Labute approximate surface area is 133 Å². The van der Waals surface area contributed by atoms with E-state index in [1.54, 1.807) is 0 Å². The zero-order valence-electron chi connectivity index (χ0n) is 14.0. The van der Waals surface area contributed by atoms with Crippen LogP contribution in [0.5, 0.6) is 0 Å². The number of piperazine rings is 1. The highest BCUT2D eigenvalue weighted by atomic mass is 16.5. The molecule has 0 aromatic rings. The Morgan fingerprint density at radius 3 is 2.55 bits per heavy atom. The fourth-order valence-electron chi connectivity index (χ4n) is 3.59. The quantitative estimate of drug-likeness (QED) is 0.825. The summed E-state index contributed by atoms with van der Waals surface area (Å²) in [5.74, 6) is 0. The molecular formula is C16H30N4O2. The van der Waals surface area contributed by atoms with E-state index in [0.29, 0.717) is 18.6 Å². The molecule has 2 amide bonds. The minimum absolute atomic E-state index is 0.0765. The molecule has 0 spiro atoms. The fourth-order valence-corrected chi connectivity index (χ4v) is 3.59. The van der Waals surface area contributed by atoms with Gasteiger partial charge < -0.3 is 15.0 Å². The molecule has 0 aliphatic carbocycles. The number of nitrogens with zero attached hydrogens (tertiary/aromatic N) is 3. The van der Waals surface area contributed by atoms with E-state index in [0.717, 1.165) is 58.7 Å². The van der Waals surface area contributed by atoms with E-state index in [4.69, 9.17) is 4.74 Å². The largest absolute Gasteiger partial charge is 0.376 e. The Morgan fingerprint density at radius 2 is 1.95 bits per heavy atom. The Balaban J connectivity index is 1.32. The van der Waals surface area contributed by atoms with E-state index in [1.807, 2.05) is 4.90 Å². The maximum Gasteiger partial charge on any atom is 0.317 e. The molecule has 1 unspecified atom stereocenters. The van der Waals surface area contributed by atoms with Gasteiger partial charge in [-0.05, 0) is 26.7 Å². The molecule has 3 rings (SSSR count). The van der Waals surface area contributed by atoms with Crippen molar-refractivity contribution in [1.82, 2.24) is 20.0 Å². The number of urea groups is 1. The number of carbonyl (C=O) groups is 1. The number of likely N-dealkylation sites (tertiary alicyclic amines) is 1. The number of rotatable bonds is 4. The molecule has 3 aliphatic heterocycles. The summed E-state index contributed by atoms with van der Waals surface area (Å²) >= 11 is 0. The summed E-state index contributed by atoms with van der Waals surface area (Å²) in [6, 6.07) is 1.28. The molecule has 1 N–H and O–H groups in total. The van der Waals surface area contributed by atoms with Crippen LogP contribution < -0.4 is 5.32 Å². The number of hydrogen-bond acceptors (Lipinski definition) is 4. The lowest BCUT2D eigenvalue weighted by Gasteiger charge is -2.48. The molecule has 0 radical (unpaired) electrons. The van der Waals surface area contributed by atoms with E-state index in [9.17, 15) is 4.79 Å². The minimum atomic E-state index is 0.0765. The zero-order chi connectivity index (χ0) is 15.5. The van der Waals surface area contributed by atoms with Crippen molar-refractivity contribution in [1.29, 1.82) is 0 Å². The minimum Gasteiger partial charge on any atom is -0.376 e. The average molecular weight is 310 g/mol. The van der Waals surface area contributed by atoms with Gasteiger partial charge in [0.15, 0.2) is 0 Å². The highest BCUT2D eigenvalue weighted by Gasteiger charge is 2.36. The highest BCUT2D eigenvalue weighted by Crippen LogP contribution is 2.18. The average Bonchev–Trinajstić information content (AvgIpc) is 2.97. The molecular weight excluding hydrogens is 280 g/mol. The van der Waals surface area contributed by atoms with Crippen molar-refractivity contribution in [3.8, 4) is 0 Å². The fraction of sp³-hybridized carbons (Fsp3) is 0.938. The summed E-state index contributed by atoms with van der Waals surface area (Å²) in [6.45, 7) is 12.3. The SMILES string of the molecule is CC(C)N1CCN(C2CN(C(=O)NCC3CCCO3)C2)CC1. The number of nitrogens with one attached hydrogen (secondary N) is 1. The van der Waals surface area contributed by atoms with Gasteiger partial charge in [-0.3, -0.25) is 9.80 Å². The summed E-state index contributed by atoms with van der Waals surface area (Å²) in [4.78, 5) is 19.1. The first-order valence-electron chi connectivity index (χ1n) is 8.76. The van der Waals surface area contributed by atoms with Crippen LogP contribution >= 0.6 is 0 Å². The van der Waals surface area contributed by atoms with E-state index < -0.39 is 0 Å². The Hall–Kier alpha value is -0.850. The summed E-state index contributed by atoms with van der Waals surface area (Å²) < 4.78 is 5.53. The van der Waals surface area contributed by atoms with Gasteiger partial charge in [0, 0.05) is 64.5 Å². The van der Waals surface area contributed by atoms with Crippen molar-refractivity contribution in [2.45, 2.75) is 44.9 Å². The summed E-state index contributed by atoms with van der Waals surface area (Å²) in [5, 5.41) is 3.01. The van der Waals surface area contributed by atoms with Gasteiger partial charge in [0.1, 0.15) is 0 Å². The Bertz CT molecular complexity index is 370. The molecule has 3 heterocycles. The molecule has 1 atom stereocenters. The van der Waals surface area contributed by atoms with Crippen LogP contribution in [0.1, 0.15) is 26.7 Å². The van der Waals surface area contributed by atoms with Crippen LogP contribution in [-0.2, 0) is 4.74 Å². The normalized spacial score (nSPS) is 28.1. The molecule has 0 bridgehead atoms. The van der Waals surface area contributed by atoms with Gasteiger partial charge in [-0.2, -0.15) is 0 Å². The van der Waals surface area contributed by atoms with Gasteiger partial charge in [0.05, 0.1) is 6.10 Å². The Morgan fingerprint density at radius 1 is 1.23 bits per heavy atom. The van der Waals surface area contributed by atoms with Gasteiger partial charge >= 0.3 is 6.03 Å². The summed E-state index contributed by atoms with van der Waals surface area (Å²) in [6.07, 6.45) is 2.42. The predicted octanol–water partition coefficient (Wildman–Crippen LogP) is 0.585. The molecule has 126 valence electrons. The maximum atomic E-state index is 12.1.